The molecule has 1 amide bonds. The molecule has 0 radical (unpaired) electrons. The monoisotopic (exact) mass is 247 g/mol. The molecule has 0 unspecified atom stereocenters. The molecule has 1 N–H and O–H groups in total. The maximum atomic E-state index is 12.0. The Balaban J connectivity index is 2.25. The second-order valence-electron chi connectivity index (χ2n) is 4.75. The van der Waals surface area contributed by atoms with E-state index >= 15 is 0 Å². The van der Waals surface area contributed by atoms with Crippen LogP contribution >= 0.6 is 0 Å². The highest BCUT2D eigenvalue weighted by atomic mass is 16.1. The summed E-state index contributed by atoms with van der Waals surface area (Å²) in [5.74, 6) is -0.124. The molecular weight excluding hydrogens is 230 g/mol. The van der Waals surface area contributed by atoms with E-state index in [4.69, 9.17) is 0 Å². The number of carbonyl (C=O) groups is 1. The average molecular weight is 247 g/mol. The van der Waals surface area contributed by atoms with E-state index in [-0.39, 0.29) is 23.8 Å². The van der Waals surface area contributed by atoms with E-state index < -0.39 is 0 Å². The minimum absolute atomic E-state index is 0.0452. The van der Waals surface area contributed by atoms with Gasteiger partial charge in [0.15, 0.2) is 5.43 Å². The lowest BCUT2D eigenvalue weighted by atomic mass is 10.1. The zero-order valence-electron chi connectivity index (χ0n) is 10.9. The van der Waals surface area contributed by atoms with E-state index in [1.54, 1.807) is 12.3 Å². The molecule has 0 fully saturated rings. The fourth-order valence-corrected chi connectivity index (χ4v) is 1.94. The third-order valence-electron chi connectivity index (χ3n) is 3.14. The third-order valence-corrected chi connectivity index (χ3v) is 3.14. The standard InChI is InChI=1S/C13H17N3O2/c1-8(2)13(18)15-6-11-9(3)16-7-14-5-10(16)4-12(11)17/h4-5,8H,6-7H2,1-3H3,(H,15,18). The molecule has 0 atom stereocenters. The Bertz CT molecular complexity index is 570. The predicted molar refractivity (Wildman–Crippen MR) is 69.7 cm³/mol. The number of nitrogens with one attached hydrogen (secondary N) is 1. The van der Waals surface area contributed by atoms with Crippen molar-refractivity contribution >= 4 is 12.1 Å². The molecule has 1 aromatic heterocycles. The Kier molecular flexibility index (Phi) is 3.32. The van der Waals surface area contributed by atoms with E-state index in [1.165, 1.54) is 0 Å². The SMILES string of the molecule is Cc1c(CNC(=O)C(C)C)c(=O)cc2n1CN=C2. The number of hydrogen-bond donors (Lipinski definition) is 1. The maximum absolute atomic E-state index is 12.0. The normalized spacial score (nSPS) is 12.9. The molecule has 0 saturated carbocycles. The molecule has 5 nitrogen and oxygen atoms in total. The molecule has 1 aliphatic rings. The largest absolute Gasteiger partial charge is 0.352 e. The second kappa shape index (κ2) is 4.76. The van der Waals surface area contributed by atoms with Gasteiger partial charge >= 0.3 is 0 Å². The lowest BCUT2D eigenvalue weighted by molar-refractivity contribution is -0.124. The van der Waals surface area contributed by atoms with Gasteiger partial charge < -0.3 is 9.88 Å². The highest BCUT2D eigenvalue weighted by Crippen LogP contribution is 2.11. The smallest absolute Gasteiger partial charge is 0.222 e. The van der Waals surface area contributed by atoms with Crippen LogP contribution < -0.4 is 10.7 Å². The molecule has 2 rings (SSSR count). The van der Waals surface area contributed by atoms with Gasteiger partial charge in [0, 0.05) is 36.0 Å². The van der Waals surface area contributed by atoms with Crippen molar-refractivity contribution in [2.75, 3.05) is 0 Å². The summed E-state index contributed by atoms with van der Waals surface area (Å²) < 4.78 is 1.97. The first-order chi connectivity index (χ1) is 8.50. The zero-order chi connectivity index (χ0) is 13.3. The van der Waals surface area contributed by atoms with E-state index in [0.717, 1.165) is 11.4 Å². The molecule has 0 saturated heterocycles. The van der Waals surface area contributed by atoms with Crippen molar-refractivity contribution in [1.82, 2.24) is 9.88 Å². The van der Waals surface area contributed by atoms with Crippen molar-refractivity contribution in [3.05, 3.63) is 33.2 Å². The third kappa shape index (κ3) is 2.20. The van der Waals surface area contributed by atoms with Crippen LogP contribution in [0.3, 0.4) is 0 Å². The van der Waals surface area contributed by atoms with Crippen LogP contribution in [0, 0.1) is 12.8 Å². The van der Waals surface area contributed by atoms with E-state index in [9.17, 15) is 9.59 Å². The lowest BCUT2D eigenvalue weighted by Gasteiger charge is -2.13. The lowest BCUT2D eigenvalue weighted by Crippen LogP contribution is -2.31. The van der Waals surface area contributed by atoms with Gasteiger partial charge in [-0.05, 0) is 6.92 Å². The van der Waals surface area contributed by atoms with E-state index in [2.05, 4.69) is 10.3 Å². The number of carbonyl (C=O) groups excluding carboxylic acids is 1. The van der Waals surface area contributed by atoms with Crippen molar-refractivity contribution in [3.8, 4) is 0 Å². The molecule has 1 aliphatic heterocycles. The van der Waals surface area contributed by atoms with Crippen molar-refractivity contribution in [1.29, 1.82) is 0 Å². The quantitative estimate of drug-likeness (QED) is 0.859. The maximum Gasteiger partial charge on any atom is 0.222 e. The van der Waals surface area contributed by atoms with Gasteiger partial charge in [-0.2, -0.15) is 0 Å². The molecule has 0 bridgehead atoms. The fraction of sp³-hybridized carbons (Fsp3) is 0.462. The van der Waals surface area contributed by atoms with Gasteiger partial charge in [-0.3, -0.25) is 14.6 Å². The van der Waals surface area contributed by atoms with E-state index in [0.29, 0.717) is 12.2 Å². The molecule has 18 heavy (non-hydrogen) atoms. The van der Waals surface area contributed by atoms with Gasteiger partial charge in [0.1, 0.15) is 6.67 Å². The minimum atomic E-state index is -0.0779. The van der Waals surface area contributed by atoms with Crippen molar-refractivity contribution < 1.29 is 4.79 Å². The highest BCUT2D eigenvalue weighted by molar-refractivity contribution is 5.79. The van der Waals surface area contributed by atoms with Gasteiger partial charge in [-0.15, -0.1) is 0 Å². The number of aromatic nitrogens is 1. The predicted octanol–water partition coefficient (Wildman–Crippen LogP) is 0.819. The summed E-state index contributed by atoms with van der Waals surface area (Å²) in [6, 6.07) is 1.57. The van der Waals surface area contributed by atoms with Crippen LogP contribution in [0.15, 0.2) is 15.9 Å². The van der Waals surface area contributed by atoms with Crippen LogP contribution in [0.2, 0.25) is 0 Å². The van der Waals surface area contributed by atoms with Crippen molar-refractivity contribution in [3.63, 3.8) is 0 Å². The minimum Gasteiger partial charge on any atom is -0.352 e. The fourth-order valence-electron chi connectivity index (χ4n) is 1.94. The van der Waals surface area contributed by atoms with Crippen molar-refractivity contribution in [2.45, 2.75) is 34.0 Å². The molecule has 1 aromatic rings. The summed E-state index contributed by atoms with van der Waals surface area (Å²) >= 11 is 0. The first-order valence-electron chi connectivity index (χ1n) is 6.01. The van der Waals surface area contributed by atoms with Crippen LogP contribution in [0.5, 0.6) is 0 Å². The molecule has 96 valence electrons. The Hall–Kier alpha value is -1.91. The van der Waals surface area contributed by atoms with E-state index in [1.807, 2.05) is 25.3 Å². The Morgan fingerprint density at radius 1 is 1.56 bits per heavy atom. The number of fused-ring (bicyclic) bond motifs is 1. The Morgan fingerprint density at radius 2 is 2.28 bits per heavy atom. The Morgan fingerprint density at radius 3 is 2.94 bits per heavy atom. The first-order valence-corrected chi connectivity index (χ1v) is 6.01. The summed E-state index contributed by atoms with van der Waals surface area (Å²) in [7, 11) is 0. The number of nitrogens with zero attached hydrogens (tertiary/aromatic N) is 2. The molecule has 0 aromatic carbocycles. The second-order valence-corrected chi connectivity index (χ2v) is 4.75. The van der Waals surface area contributed by atoms with Crippen LogP contribution in [0.4, 0.5) is 0 Å². The molecule has 0 spiro atoms. The molecular formula is C13H17N3O2. The highest BCUT2D eigenvalue weighted by Gasteiger charge is 2.15. The van der Waals surface area contributed by atoms with Crippen molar-refractivity contribution in [2.24, 2.45) is 10.9 Å². The number of rotatable bonds is 3. The molecule has 0 aliphatic carbocycles. The number of pyridine rings is 1. The van der Waals surface area contributed by atoms with Crippen LogP contribution in [0.1, 0.15) is 30.8 Å². The van der Waals surface area contributed by atoms with Gasteiger partial charge in [-0.25, -0.2) is 0 Å². The number of amides is 1. The average Bonchev–Trinajstić information content (AvgIpc) is 2.76. The molecule has 5 heteroatoms. The number of hydrogen-bond acceptors (Lipinski definition) is 3. The summed E-state index contributed by atoms with van der Waals surface area (Å²) in [6.07, 6.45) is 1.70. The van der Waals surface area contributed by atoms with Gasteiger partial charge in [0.2, 0.25) is 5.91 Å². The van der Waals surface area contributed by atoms with Gasteiger partial charge in [0.05, 0.1) is 5.69 Å². The van der Waals surface area contributed by atoms with Crippen LogP contribution in [0.25, 0.3) is 0 Å². The summed E-state index contributed by atoms with van der Waals surface area (Å²) in [5, 5.41) is 2.78. The Labute approximate surface area is 106 Å². The first kappa shape index (κ1) is 12.5. The topological polar surface area (TPSA) is 63.5 Å². The summed E-state index contributed by atoms with van der Waals surface area (Å²) in [6.45, 7) is 6.36. The zero-order valence-corrected chi connectivity index (χ0v) is 10.9. The number of aliphatic imine (C=N–C) groups is 1. The van der Waals surface area contributed by atoms with Gasteiger partial charge in [0.25, 0.3) is 0 Å². The molecule has 2 heterocycles. The van der Waals surface area contributed by atoms with Crippen LogP contribution in [-0.2, 0) is 18.0 Å². The summed E-state index contributed by atoms with van der Waals surface area (Å²) in [5.41, 5.74) is 2.30. The van der Waals surface area contributed by atoms with Crippen LogP contribution in [-0.4, -0.2) is 16.7 Å². The van der Waals surface area contributed by atoms with Gasteiger partial charge in [-0.1, -0.05) is 13.8 Å². The summed E-state index contributed by atoms with van der Waals surface area (Å²) in [4.78, 5) is 27.6.